The van der Waals surface area contributed by atoms with Gasteiger partial charge in [0.25, 0.3) is 0 Å². The number of rotatable bonds is 0. The Balaban J connectivity index is 2.29. The Morgan fingerprint density at radius 2 is 2.33 bits per heavy atom. The highest BCUT2D eigenvalue weighted by atomic mass is 15.1. The molecule has 0 aromatic rings. The minimum atomic E-state index is 1.06. The van der Waals surface area contributed by atoms with Gasteiger partial charge in [-0.3, -0.25) is 0 Å². The summed E-state index contributed by atoms with van der Waals surface area (Å²) in [4.78, 5) is 2.24. The summed E-state index contributed by atoms with van der Waals surface area (Å²) < 4.78 is 0. The number of allylic oxidation sites excluding steroid dienone is 3. The molecule has 0 radical (unpaired) electrons. The van der Waals surface area contributed by atoms with Crippen molar-refractivity contribution in [2.45, 2.75) is 6.42 Å². The van der Waals surface area contributed by atoms with Gasteiger partial charge in [0, 0.05) is 18.4 Å². The Hall–Kier alpha value is -0.980. The second kappa shape index (κ2) is 1.76. The Labute approximate surface area is 55.0 Å². The van der Waals surface area contributed by atoms with Crippen LogP contribution >= 0.6 is 0 Å². The molecule has 0 spiro atoms. The molecule has 0 saturated heterocycles. The summed E-state index contributed by atoms with van der Waals surface area (Å²) in [5, 5.41) is 0. The van der Waals surface area contributed by atoms with E-state index >= 15 is 0 Å². The number of nitrogens with zero attached hydrogens (tertiary/aromatic N) is 1. The highest BCUT2D eigenvalue weighted by Gasteiger charge is 2.08. The third-order valence-electron chi connectivity index (χ3n) is 1.67. The van der Waals surface area contributed by atoms with Crippen LogP contribution in [0.2, 0.25) is 0 Å². The van der Waals surface area contributed by atoms with Crippen molar-refractivity contribution in [2.75, 3.05) is 6.54 Å². The Kier molecular flexibility index (Phi) is 0.950. The van der Waals surface area contributed by atoms with Crippen LogP contribution in [-0.2, 0) is 0 Å². The van der Waals surface area contributed by atoms with Crippen molar-refractivity contribution in [3.8, 4) is 0 Å². The number of fused-ring (bicyclic) bond motifs is 1. The van der Waals surface area contributed by atoms with Gasteiger partial charge >= 0.3 is 0 Å². The predicted octanol–water partition coefficient (Wildman–Crippen LogP) is 1.66. The zero-order valence-electron chi connectivity index (χ0n) is 5.25. The maximum absolute atomic E-state index is 2.24. The molecule has 0 aromatic heterocycles. The molecule has 0 atom stereocenters. The van der Waals surface area contributed by atoms with E-state index < -0.39 is 0 Å². The minimum Gasteiger partial charge on any atom is -0.345 e. The number of hydrogen-bond acceptors (Lipinski definition) is 1. The first kappa shape index (κ1) is 4.86. The molecule has 1 heteroatoms. The lowest BCUT2D eigenvalue weighted by Crippen LogP contribution is -2.11. The SMILES string of the molecule is C1=CN2CC=CC2=CC1. The lowest BCUT2D eigenvalue weighted by atomic mass is 10.2. The number of hydrogen-bond donors (Lipinski definition) is 0. The van der Waals surface area contributed by atoms with Crippen LogP contribution in [0, 0.1) is 0 Å². The van der Waals surface area contributed by atoms with Gasteiger partial charge in [0.05, 0.1) is 0 Å². The van der Waals surface area contributed by atoms with E-state index in [0.717, 1.165) is 13.0 Å². The lowest BCUT2D eigenvalue weighted by molar-refractivity contribution is 0.544. The van der Waals surface area contributed by atoms with Crippen LogP contribution in [0.3, 0.4) is 0 Å². The van der Waals surface area contributed by atoms with Crippen LogP contribution in [0.1, 0.15) is 6.42 Å². The van der Waals surface area contributed by atoms with Gasteiger partial charge in [0.1, 0.15) is 0 Å². The molecule has 0 aromatic carbocycles. The predicted molar refractivity (Wildman–Crippen MR) is 37.7 cm³/mol. The van der Waals surface area contributed by atoms with E-state index in [0.29, 0.717) is 0 Å². The van der Waals surface area contributed by atoms with Gasteiger partial charge in [0.15, 0.2) is 0 Å². The van der Waals surface area contributed by atoms with Gasteiger partial charge in [-0.2, -0.15) is 0 Å². The highest BCUT2D eigenvalue weighted by molar-refractivity contribution is 5.29. The third kappa shape index (κ3) is 0.689. The summed E-state index contributed by atoms with van der Waals surface area (Å²) in [5.41, 5.74) is 1.36. The maximum atomic E-state index is 2.24. The molecule has 0 aliphatic carbocycles. The van der Waals surface area contributed by atoms with Crippen LogP contribution in [0.25, 0.3) is 0 Å². The van der Waals surface area contributed by atoms with Gasteiger partial charge in [-0.15, -0.1) is 0 Å². The van der Waals surface area contributed by atoms with E-state index in [1.807, 2.05) is 0 Å². The topological polar surface area (TPSA) is 3.24 Å². The summed E-state index contributed by atoms with van der Waals surface area (Å²) in [7, 11) is 0. The van der Waals surface area contributed by atoms with Crippen molar-refractivity contribution >= 4 is 0 Å². The standard InChI is InChI=1S/C8H9N/c1-2-6-9-7-3-5-8(9)4-1/h2-6H,1,7H2. The molecule has 0 N–H and O–H groups in total. The van der Waals surface area contributed by atoms with Crippen LogP contribution in [-0.4, -0.2) is 11.4 Å². The van der Waals surface area contributed by atoms with Crippen molar-refractivity contribution in [1.29, 1.82) is 0 Å². The fourth-order valence-electron chi connectivity index (χ4n) is 1.20. The van der Waals surface area contributed by atoms with Crippen molar-refractivity contribution in [2.24, 2.45) is 0 Å². The minimum absolute atomic E-state index is 1.06. The molecule has 0 bridgehead atoms. The molecule has 2 heterocycles. The van der Waals surface area contributed by atoms with E-state index in [4.69, 9.17) is 0 Å². The Morgan fingerprint density at radius 1 is 1.33 bits per heavy atom. The first-order chi connectivity index (χ1) is 4.47. The largest absolute Gasteiger partial charge is 0.345 e. The van der Waals surface area contributed by atoms with Gasteiger partial charge < -0.3 is 4.90 Å². The molecule has 0 unspecified atom stereocenters. The summed E-state index contributed by atoms with van der Waals surface area (Å²) in [5.74, 6) is 0. The van der Waals surface area contributed by atoms with E-state index in [2.05, 4.69) is 35.4 Å². The molecular weight excluding hydrogens is 110 g/mol. The molecule has 1 nitrogen and oxygen atoms in total. The second-order valence-electron chi connectivity index (χ2n) is 2.30. The molecular formula is C8H9N. The summed E-state index contributed by atoms with van der Waals surface area (Å²) in [6.45, 7) is 1.06. The van der Waals surface area contributed by atoms with Crippen molar-refractivity contribution < 1.29 is 0 Å². The first-order valence-corrected chi connectivity index (χ1v) is 3.27. The quantitative estimate of drug-likeness (QED) is 0.468. The second-order valence-corrected chi connectivity index (χ2v) is 2.30. The van der Waals surface area contributed by atoms with Gasteiger partial charge in [-0.25, -0.2) is 0 Å². The molecule has 9 heavy (non-hydrogen) atoms. The van der Waals surface area contributed by atoms with Crippen molar-refractivity contribution in [3.05, 3.63) is 36.2 Å². The van der Waals surface area contributed by atoms with E-state index in [9.17, 15) is 0 Å². The zero-order valence-corrected chi connectivity index (χ0v) is 5.25. The molecule has 0 amide bonds. The lowest BCUT2D eigenvalue weighted by Gasteiger charge is -2.16. The van der Waals surface area contributed by atoms with Crippen molar-refractivity contribution in [1.82, 2.24) is 4.90 Å². The Morgan fingerprint density at radius 3 is 3.22 bits per heavy atom. The normalized spacial score (nSPS) is 22.2. The smallest absolute Gasteiger partial charge is 0.0409 e. The van der Waals surface area contributed by atoms with E-state index in [1.165, 1.54) is 5.70 Å². The molecule has 2 rings (SSSR count). The fourth-order valence-corrected chi connectivity index (χ4v) is 1.20. The molecule has 0 saturated carbocycles. The summed E-state index contributed by atoms with van der Waals surface area (Å²) >= 11 is 0. The highest BCUT2D eigenvalue weighted by Crippen LogP contribution is 2.18. The van der Waals surface area contributed by atoms with Crippen LogP contribution < -0.4 is 0 Å². The third-order valence-corrected chi connectivity index (χ3v) is 1.67. The van der Waals surface area contributed by atoms with Crippen molar-refractivity contribution in [3.63, 3.8) is 0 Å². The van der Waals surface area contributed by atoms with Gasteiger partial charge in [-0.05, 0) is 12.5 Å². The van der Waals surface area contributed by atoms with Gasteiger partial charge in [-0.1, -0.05) is 18.2 Å². The molecule has 2 aliphatic rings. The summed E-state index contributed by atoms with van der Waals surface area (Å²) in [6, 6.07) is 0. The Bertz CT molecular complexity index is 199. The average Bonchev–Trinajstić information content (AvgIpc) is 2.33. The van der Waals surface area contributed by atoms with Crippen LogP contribution in [0.4, 0.5) is 0 Å². The average molecular weight is 119 g/mol. The fraction of sp³-hybridized carbons (Fsp3) is 0.250. The van der Waals surface area contributed by atoms with E-state index in [1.54, 1.807) is 0 Å². The monoisotopic (exact) mass is 119 g/mol. The summed E-state index contributed by atoms with van der Waals surface area (Å²) in [6.07, 6.45) is 12.0. The van der Waals surface area contributed by atoms with E-state index in [-0.39, 0.29) is 0 Å². The van der Waals surface area contributed by atoms with Gasteiger partial charge in [0.2, 0.25) is 0 Å². The molecule has 2 aliphatic heterocycles. The first-order valence-electron chi connectivity index (χ1n) is 3.27. The van der Waals surface area contributed by atoms with Crippen LogP contribution in [0.5, 0.6) is 0 Å². The zero-order chi connectivity index (χ0) is 6.10. The molecule has 46 valence electrons. The maximum Gasteiger partial charge on any atom is 0.0409 e. The molecule has 0 fully saturated rings. The van der Waals surface area contributed by atoms with Crippen LogP contribution in [0.15, 0.2) is 36.2 Å².